The molecule has 4 atom stereocenters. The Morgan fingerprint density at radius 3 is 1.50 bits per heavy atom. The van der Waals surface area contributed by atoms with E-state index in [9.17, 15) is 0 Å². The van der Waals surface area contributed by atoms with Gasteiger partial charge in [-0.2, -0.15) is 0 Å². The van der Waals surface area contributed by atoms with Gasteiger partial charge in [0.05, 0.1) is 50.8 Å². The molecule has 3 aliphatic heterocycles. The van der Waals surface area contributed by atoms with Crippen molar-refractivity contribution in [2.75, 3.05) is 26.4 Å². The van der Waals surface area contributed by atoms with Crippen molar-refractivity contribution in [3.05, 3.63) is 0 Å². The van der Waals surface area contributed by atoms with Crippen LogP contribution in [0, 0.1) is 0 Å². The number of ether oxygens (including phenoxy) is 4. The molecule has 3 saturated heterocycles. The Morgan fingerprint density at radius 1 is 0.714 bits per heavy atom. The summed E-state index contributed by atoms with van der Waals surface area (Å²) in [7, 11) is 0. The first-order chi connectivity index (χ1) is 6.92. The van der Waals surface area contributed by atoms with Gasteiger partial charge in [-0.25, -0.2) is 0 Å². The molecule has 0 aromatic carbocycles. The van der Waals surface area contributed by atoms with Gasteiger partial charge in [-0.1, -0.05) is 0 Å². The Kier molecular flexibility index (Phi) is 2.45. The van der Waals surface area contributed by atoms with Gasteiger partial charge in [0.15, 0.2) is 0 Å². The molecule has 4 heteroatoms. The zero-order valence-corrected chi connectivity index (χ0v) is 8.19. The average Bonchev–Trinajstić information content (AvgIpc) is 3.01. The average molecular weight is 200 g/mol. The lowest BCUT2D eigenvalue weighted by Crippen LogP contribution is -2.40. The minimum atomic E-state index is 0.223. The Bertz CT molecular complexity index is 178. The van der Waals surface area contributed by atoms with Crippen LogP contribution in [0.1, 0.15) is 12.8 Å². The van der Waals surface area contributed by atoms with Gasteiger partial charge in [-0.05, 0) is 0 Å². The highest BCUT2D eigenvalue weighted by molar-refractivity contribution is 4.85. The van der Waals surface area contributed by atoms with E-state index in [4.69, 9.17) is 18.9 Å². The van der Waals surface area contributed by atoms with E-state index >= 15 is 0 Å². The summed E-state index contributed by atoms with van der Waals surface area (Å²) in [6, 6.07) is 0. The van der Waals surface area contributed by atoms with E-state index in [1.54, 1.807) is 0 Å². The van der Waals surface area contributed by atoms with Crippen molar-refractivity contribution in [2.24, 2.45) is 0 Å². The van der Waals surface area contributed by atoms with Crippen LogP contribution in [-0.2, 0) is 18.9 Å². The molecule has 0 aromatic heterocycles. The van der Waals surface area contributed by atoms with Gasteiger partial charge in [0.2, 0.25) is 0 Å². The molecular formula is C10H16O4. The zero-order valence-electron chi connectivity index (χ0n) is 8.19. The maximum Gasteiger partial charge on any atom is 0.0864 e. The molecule has 3 aliphatic rings. The first kappa shape index (κ1) is 9.09. The first-order valence-electron chi connectivity index (χ1n) is 5.38. The summed E-state index contributed by atoms with van der Waals surface area (Å²) in [6.45, 7) is 3.23. The van der Waals surface area contributed by atoms with Crippen LogP contribution >= 0.6 is 0 Å². The van der Waals surface area contributed by atoms with Crippen molar-refractivity contribution >= 4 is 0 Å². The molecule has 80 valence electrons. The van der Waals surface area contributed by atoms with Crippen molar-refractivity contribution in [3.63, 3.8) is 0 Å². The van der Waals surface area contributed by atoms with Crippen molar-refractivity contribution in [3.8, 4) is 0 Å². The standard InChI is InChI=1S/C10H16O4/c1-2-12-10(4-8-6-14-8)9(11-1)3-7-5-13-7/h7-10H,1-6H2. The molecule has 0 saturated carbocycles. The number of epoxide rings is 2. The highest BCUT2D eigenvalue weighted by Gasteiger charge is 2.37. The van der Waals surface area contributed by atoms with Crippen molar-refractivity contribution in [2.45, 2.75) is 37.3 Å². The summed E-state index contributed by atoms with van der Waals surface area (Å²) < 4.78 is 21.8. The molecule has 4 unspecified atom stereocenters. The van der Waals surface area contributed by atoms with Crippen LogP contribution in [0.5, 0.6) is 0 Å². The van der Waals surface area contributed by atoms with Crippen LogP contribution in [0.25, 0.3) is 0 Å². The molecule has 0 N–H and O–H groups in total. The van der Waals surface area contributed by atoms with E-state index < -0.39 is 0 Å². The molecule has 0 bridgehead atoms. The SMILES string of the molecule is C1COC(CC2CO2)C(CC2CO2)O1. The fraction of sp³-hybridized carbons (Fsp3) is 1.00. The number of hydrogen-bond acceptors (Lipinski definition) is 4. The van der Waals surface area contributed by atoms with Gasteiger partial charge in [-0.3, -0.25) is 0 Å². The lowest BCUT2D eigenvalue weighted by atomic mass is 10.0. The van der Waals surface area contributed by atoms with E-state index in [0.29, 0.717) is 12.2 Å². The highest BCUT2D eigenvalue weighted by Crippen LogP contribution is 2.27. The minimum Gasteiger partial charge on any atom is -0.373 e. The summed E-state index contributed by atoms with van der Waals surface area (Å²) in [6.07, 6.45) is 3.25. The quantitative estimate of drug-likeness (QED) is 0.614. The molecule has 3 heterocycles. The molecule has 0 radical (unpaired) electrons. The molecule has 4 nitrogen and oxygen atoms in total. The largest absolute Gasteiger partial charge is 0.373 e. The molecule has 0 spiro atoms. The van der Waals surface area contributed by atoms with Crippen LogP contribution in [0.3, 0.4) is 0 Å². The normalized spacial score (nSPS) is 46.3. The smallest absolute Gasteiger partial charge is 0.0864 e. The van der Waals surface area contributed by atoms with Crippen LogP contribution in [0.15, 0.2) is 0 Å². The van der Waals surface area contributed by atoms with Gasteiger partial charge in [0.1, 0.15) is 0 Å². The number of rotatable bonds is 4. The fourth-order valence-electron chi connectivity index (χ4n) is 1.98. The third-order valence-corrected chi connectivity index (χ3v) is 2.96. The predicted octanol–water partition coefficient (Wildman–Crippen LogP) is 0.348. The van der Waals surface area contributed by atoms with Crippen molar-refractivity contribution in [1.82, 2.24) is 0 Å². The summed E-state index contributed by atoms with van der Waals surface area (Å²) in [5.74, 6) is 0. The highest BCUT2D eigenvalue weighted by atomic mass is 16.6. The third-order valence-electron chi connectivity index (χ3n) is 2.96. The monoisotopic (exact) mass is 200 g/mol. The van der Waals surface area contributed by atoms with Gasteiger partial charge in [-0.15, -0.1) is 0 Å². The van der Waals surface area contributed by atoms with E-state index in [-0.39, 0.29) is 12.2 Å². The van der Waals surface area contributed by atoms with Crippen molar-refractivity contribution < 1.29 is 18.9 Å². The first-order valence-corrected chi connectivity index (χ1v) is 5.38. The van der Waals surface area contributed by atoms with E-state index in [2.05, 4.69) is 0 Å². The topological polar surface area (TPSA) is 43.5 Å². The Hall–Kier alpha value is -0.160. The van der Waals surface area contributed by atoms with Crippen LogP contribution < -0.4 is 0 Å². The molecule has 0 aliphatic carbocycles. The summed E-state index contributed by atoms with van der Waals surface area (Å²) in [5.41, 5.74) is 0. The second-order valence-electron chi connectivity index (χ2n) is 4.20. The molecule has 3 fully saturated rings. The zero-order chi connectivity index (χ0) is 9.38. The summed E-state index contributed by atoms with van der Waals surface area (Å²) in [5, 5.41) is 0. The van der Waals surface area contributed by atoms with Gasteiger partial charge >= 0.3 is 0 Å². The van der Waals surface area contributed by atoms with E-state index in [1.165, 1.54) is 0 Å². The Balaban J connectivity index is 1.52. The lowest BCUT2D eigenvalue weighted by molar-refractivity contribution is -0.146. The second-order valence-corrected chi connectivity index (χ2v) is 4.20. The van der Waals surface area contributed by atoms with Crippen LogP contribution in [0.4, 0.5) is 0 Å². The van der Waals surface area contributed by atoms with Gasteiger partial charge < -0.3 is 18.9 Å². The molecule has 0 aromatic rings. The van der Waals surface area contributed by atoms with E-state index in [0.717, 1.165) is 39.3 Å². The summed E-state index contributed by atoms with van der Waals surface area (Å²) >= 11 is 0. The lowest BCUT2D eigenvalue weighted by Gasteiger charge is -2.31. The Morgan fingerprint density at radius 2 is 1.14 bits per heavy atom. The van der Waals surface area contributed by atoms with E-state index in [1.807, 2.05) is 0 Å². The van der Waals surface area contributed by atoms with Crippen LogP contribution in [-0.4, -0.2) is 50.8 Å². The molecule has 14 heavy (non-hydrogen) atoms. The predicted molar refractivity (Wildman–Crippen MR) is 48.2 cm³/mol. The Labute approximate surface area is 83.5 Å². The molecule has 3 rings (SSSR count). The summed E-state index contributed by atoms with van der Waals surface area (Å²) in [4.78, 5) is 0. The third kappa shape index (κ3) is 2.25. The number of hydrogen-bond donors (Lipinski definition) is 0. The van der Waals surface area contributed by atoms with Crippen molar-refractivity contribution in [1.29, 1.82) is 0 Å². The minimum absolute atomic E-state index is 0.223. The van der Waals surface area contributed by atoms with Gasteiger partial charge in [0, 0.05) is 12.8 Å². The van der Waals surface area contributed by atoms with Crippen LogP contribution in [0.2, 0.25) is 0 Å². The molecular weight excluding hydrogens is 184 g/mol. The van der Waals surface area contributed by atoms with Gasteiger partial charge in [0.25, 0.3) is 0 Å². The molecule has 0 amide bonds. The fourth-order valence-corrected chi connectivity index (χ4v) is 1.98. The second kappa shape index (κ2) is 3.77. The maximum atomic E-state index is 5.71. The maximum absolute atomic E-state index is 5.71.